The van der Waals surface area contributed by atoms with Gasteiger partial charge < -0.3 is 5.11 Å². The monoisotopic (exact) mass is 537 g/mol. The summed E-state index contributed by atoms with van der Waals surface area (Å²) in [7, 11) is 0. The first-order valence-corrected chi connectivity index (χ1v) is 14.7. The van der Waals surface area contributed by atoms with E-state index in [1.54, 1.807) is 0 Å². The first-order valence-electron chi connectivity index (χ1n) is 14.7. The molecular weight excluding hydrogens is 498 g/mol. The zero-order chi connectivity index (χ0) is 28.7. The second-order valence-corrected chi connectivity index (χ2v) is 11.8. The summed E-state index contributed by atoms with van der Waals surface area (Å²) in [6, 6.07) is 40.2. The van der Waals surface area contributed by atoms with Crippen LogP contribution < -0.4 is 0 Å². The molecule has 1 aliphatic carbocycles. The fraction of sp³-hybridized carbons (Fsp3) is 0.256. The Morgan fingerprint density at radius 1 is 0.756 bits per heavy atom. The molecule has 4 aromatic rings. The molecule has 0 radical (unpaired) electrons. The maximum atomic E-state index is 12.8. The number of aryl methyl sites for hydroxylation is 1. The summed E-state index contributed by atoms with van der Waals surface area (Å²) in [6.07, 6.45) is 10.1. The van der Waals surface area contributed by atoms with E-state index in [4.69, 9.17) is 5.26 Å². The molecule has 206 valence electrons. The molecule has 0 saturated heterocycles. The Bertz CT molecular complexity index is 1500. The zero-order valence-electron chi connectivity index (χ0n) is 24.1. The Labute approximate surface area is 245 Å². The van der Waals surface area contributed by atoms with Gasteiger partial charge in [-0.25, -0.2) is 0 Å². The Morgan fingerprint density at radius 2 is 1.34 bits per heavy atom. The van der Waals surface area contributed by atoms with E-state index in [2.05, 4.69) is 98.8 Å². The van der Waals surface area contributed by atoms with Gasteiger partial charge in [-0.3, -0.25) is 0 Å². The van der Waals surface area contributed by atoms with E-state index < -0.39 is 11.0 Å². The first kappa shape index (κ1) is 28.3. The SMILES string of the molecule is CC(C)Cc1cc(CCC#N)ccc1C1=CC(Cc2ccccc2)(Cc2ccccc2)C(O)(c2ccccc2)C=C1. The molecule has 0 amide bonds. The van der Waals surface area contributed by atoms with Gasteiger partial charge in [-0.2, -0.15) is 5.26 Å². The van der Waals surface area contributed by atoms with Crippen LogP contribution in [0.15, 0.2) is 127 Å². The van der Waals surface area contributed by atoms with Crippen LogP contribution in [0, 0.1) is 22.7 Å². The lowest BCUT2D eigenvalue weighted by Gasteiger charge is -2.47. The maximum Gasteiger partial charge on any atom is 0.118 e. The van der Waals surface area contributed by atoms with Gasteiger partial charge in [-0.15, -0.1) is 0 Å². The summed E-state index contributed by atoms with van der Waals surface area (Å²) >= 11 is 0. The predicted octanol–water partition coefficient (Wildman–Crippen LogP) is 8.65. The third-order valence-corrected chi connectivity index (χ3v) is 8.27. The normalized spacial score (nSPS) is 17.7. The molecule has 0 aliphatic heterocycles. The predicted molar refractivity (Wildman–Crippen MR) is 169 cm³/mol. The first-order chi connectivity index (χ1) is 19.9. The van der Waals surface area contributed by atoms with Crippen molar-refractivity contribution < 1.29 is 5.11 Å². The molecule has 2 heteroatoms. The highest BCUT2D eigenvalue weighted by Crippen LogP contribution is 2.52. The molecule has 41 heavy (non-hydrogen) atoms. The summed E-state index contributed by atoms with van der Waals surface area (Å²) in [4.78, 5) is 0. The fourth-order valence-electron chi connectivity index (χ4n) is 6.32. The Kier molecular flexibility index (Phi) is 8.67. The van der Waals surface area contributed by atoms with Crippen molar-refractivity contribution in [2.75, 3.05) is 0 Å². The lowest BCUT2D eigenvalue weighted by atomic mass is 9.59. The van der Waals surface area contributed by atoms with Crippen molar-refractivity contribution in [3.05, 3.63) is 161 Å². The molecule has 0 bridgehead atoms. The summed E-state index contributed by atoms with van der Waals surface area (Å²) in [6.45, 7) is 4.50. The van der Waals surface area contributed by atoms with Crippen LogP contribution in [-0.4, -0.2) is 5.11 Å². The highest BCUT2D eigenvalue weighted by molar-refractivity contribution is 5.79. The van der Waals surface area contributed by atoms with Crippen LogP contribution in [0.5, 0.6) is 0 Å². The number of benzene rings is 4. The van der Waals surface area contributed by atoms with Crippen molar-refractivity contribution in [1.29, 1.82) is 5.26 Å². The highest BCUT2D eigenvalue weighted by Gasteiger charge is 2.50. The highest BCUT2D eigenvalue weighted by atomic mass is 16.3. The van der Waals surface area contributed by atoms with Crippen molar-refractivity contribution in [3.8, 4) is 6.07 Å². The Hall–Kier alpha value is -4.19. The molecule has 5 rings (SSSR count). The number of aliphatic hydroxyl groups is 1. The minimum absolute atomic E-state index is 0.493. The van der Waals surface area contributed by atoms with E-state index in [1.165, 1.54) is 27.8 Å². The van der Waals surface area contributed by atoms with E-state index in [0.29, 0.717) is 25.2 Å². The van der Waals surface area contributed by atoms with Crippen LogP contribution in [0.2, 0.25) is 0 Å². The summed E-state index contributed by atoms with van der Waals surface area (Å²) < 4.78 is 0. The smallest absolute Gasteiger partial charge is 0.118 e. The van der Waals surface area contributed by atoms with Crippen molar-refractivity contribution >= 4 is 5.57 Å². The largest absolute Gasteiger partial charge is 0.380 e. The average molecular weight is 538 g/mol. The second-order valence-electron chi connectivity index (χ2n) is 11.8. The Morgan fingerprint density at radius 3 is 1.90 bits per heavy atom. The number of nitriles is 1. The van der Waals surface area contributed by atoms with E-state index in [9.17, 15) is 5.11 Å². The molecule has 0 spiro atoms. The summed E-state index contributed by atoms with van der Waals surface area (Å²) in [5, 5.41) is 22.0. The van der Waals surface area contributed by atoms with Gasteiger partial charge >= 0.3 is 0 Å². The molecular formula is C39H39NO. The molecule has 1 N–H and O–H groups in total. The van der Waals surface area contributed by atoms with Gasteiger partial charge in [0.1, 0.15) is 5.60 Å². The topological polar surface area (TPSA) is 44.0 Å². The quantitative estimate of drug-likeness (QED) is 0.220. The van der Waals surface area contributed by atoms with E-state index in [-0.39, 0.29) is 0 Å². The van der Waals surface area contributed by atoms with Crippen LogP contribution in [0.4, 0.5) is 0 Å². The molecule has 2 nitrogen and oxygen atoms in total. The van der Waals surface area contributed by atoms with Gasteiger partial charge in [-0.05, 0) is 76.6 Å². The molecule has 4 aromatic carbocycles. The molecule has 0 aromatic heterocycles. The van der Waals surface area contributed by atoms with Crippen molar-refractivity contribution in [2.24, 2.45) is 11.3 Å². The van der Waals surface area contributed by atoms with Crippen LogP contribution in [0.3, 0.4) is 0 Å². The molecule has 0 fully saturated rings. The molecule has 1 atom stereocenters. The van der Waals surface area contributed by atoms with Gasteiger partial charge in [0.2, 0.25) is 0 Å². The van der Waals surface area contributed by atoms with Gasteiger partial charge in [0.05, 0.1) is 6.07 Å². The Balaban J connectivity index is 1.72. The minimum Gasteiger partial charge on any atom is -0.380 e. The van der Waals surface area contributed by atoms with Crippen LogP contribution >= 0.6 is 0 Å². The van der Waals surface area contributed by atoms with Crippen LogP contribution in [0.25, 0.3) is 5.57 Å². The van der Waals surface area contributed by atoms with Crippen molar-refractivity contribution in [2.45, 2.75) is 51.6 Å². The summed E-state index contributed by atoms with van der Waals surface area (Å²) in [5.74, 6) is 0.493. The number of allylic oxidation sites excluding steroid dienone is 2. The van der Waals surface area contributed by atoms with Crippen molar-refractivity contribution in [3.63, 3.8) is 0 Å². The minimum atomic E-state index is -1.21. The van der Waals surface area contributed by atoms with Gasteiger partial charge in [-0.1, -0.05) is 135 Å². The number of hydrogen-bond acceptors (Lipinski definition) is 2. The van der Waals surface area contributed by atoms with E-state index in [0.717, 1.165) is 24.0 Å². The third-order valence-electron chi connectivity index (χ3n) is 8.27. The summed E-state index contributed by atoms with van der Waals surface area (Å²) in [5.41, 5.74) is 6.26. The number of rotatable bonds is 10. The van der Waals surface area contributed by atoms with Crippen LogP contribution in [0.1, 0.15) is 53.6 Å². The zero-order valence-corrected chi connectivity index (χ0v) is 24.1. The van der Waals surface area contributed by atoms with Gasteiger partial charge in [0.15, 0.2) is 0 Å². The molecule has 1 unspecified atom stereocenters. The average Bonchev–Trinajstić information content (AvgIpc) is 2.99. The fourth-order valence-corrected chi connectivity index (χ4v) is 6.32. The van der Waals surface area contributed by atoms with E-state index in [1.807, 2.05) is 48.5 Å². The standard InChI is InChI=1S/C39H39NO/c1-30(2)25-35-26-31(17-12-24-40)20-21-37(35)34-22-23-39(41,36-18-10-5-11-19-36)38(29-34,27-32-13-6-3-7-14-32)28-33-15-8-4-9-16-33/h3-11,13-16,18-23,26,29-30,41H,12,17,25,27-28H2,1-2H3. The van der Waals surface area contributed by atoms with E-state index >= 15 is 0 Å². The lowest BCUT2D eigenvalue weighted by Crippen LogP contribution is -2.48. The maximum absolute atomic E-state index is 12.8. The molecule has 0 heterocycles. The third kappa shape index (κ3) is 6.27. The number of hydrogen-bond donors (Lipinski definition) is 1. The second kappa shape index (κ2) is 12.5. The van der Waals surface area contributed by atoms with Gasteiger partial charge in [0, 0.05) is 11.8 Å². The lowest BCUT2D eigenvalue weighted by molar-refractivity contribution is -0.0234. The van der Waals surface area contributed by atoms with Crippen molar-refractivity contribution in [1.82, 2.24) is 0 Å². The number of nitrogens with zero attached hydrogens (tertiary/aromatic N) is 1. The molecule has 1 aliphatic rings. The van der Waals surface area contributed by atoms with Crippen LogP contribution in [-0.2, 0) is 31.3 Å². The molecule has 0 saturated carbocycles. The van der Waals surface area contributed by atoms with Gasteiger partial charge in [0.25, 0.3) is 0 Å².